The molecule has 0 bridgehead atoms. The van der Waals surface area contributed by atoms with E-state index in [-0.39, 0.29) is 17.5 Å². The molecule has 1 unspecified atom stereocenters. The van der Waals surface area contributed by atoms with Crippen LogP contribution in [0.3, 0.4) is 0 Å². The fraction of sp³-hybridized carbons (Fsp3) is 0.292. The maximum absolute atomic E-state index is 13.7. The standard InChI is InChI=1S/C24H28N2O4S/c1-17-12-13-21(14-18(17)2)31(28,29)26(15-24(27)25-19(3)16-30-4)23-11-7-9-20-8-5-6-10-22(20)23/h5-14,19H,15-16H2,1-4H3,(H,25,27). The smallest absolute Gasteiger partial charge is 0.264 e. The van der Waals surface area contributed by atoms with Gasteiger partial charge in [-0.1, -0.05) is 42.5 Å². The zero-order valence-corrected chi connectivity index (χ0v) is 19.1. The molecule has 3 aromatic carbocycles. The molecule has 0 aromatic heterocycles. The third-order valence-electron chi connectivity index (χ3n) is 5.21. The highest BCUT2D eigenvalue weighted by molar-refractivity contribution is 7.92. The summed E-state index contributed by atoms with van der Waals surface area (Å²) in [7, 11) is -2.44. The number of rotatable bonds is 8. The number of anilines is 1. The minimum absolute atomic E-state index is 0.154. The van der Waals surface area contributed by atoms with Crippen LogP contribution in [-0.2, 0) is 19.6 Å². The molecule has 0 saturated carbocycles. The Bertz CT molecular complexity index is 1190. The Hall–Kier alpha value is -2.90. The summed E-state index contributed by atoms with van der Waals surface area (Å²) in [6.45, 7) is 5.61. The molecule has 6 nitrogen and oxygen atoms in total. The summed E-state index contributed by atoms with van der Waals surface area (Å²) in [5, 5.41) is 4.46. The number of amides is 1. The van der Waals surface area contributed by atoms with E-state index in [2.05, 4.69) is 5.32 Å². The van der Waals surface area contributed by atoms with Crippen LogP contribution in [0.1, 0.15) is 18.1 Å². The molecule has 0 radical (unpaired) electrons. The molecule has 164 valence electrons. The Morgan fingerprint density at radius 2 is 1.74 bits per heavy atom. The van der Waals surface area contributed by atoms with Crippen LogP contribution < -0.4 is 9.62 Å². The third kappa shape index (κ3) is 5.06. The molecule has 0 spiro atoms. The van der Waals surface area contributed by atoms with Crippen molar-refractivity contribution >= 4 is 32.4 Å². The lowest BCUT2D eigenvalue weighted by atomic mass is 10.1. The first-order valence-corrected chi connectivity index (χ1v) is 11.5. The third-order valence-corrected chi connectivity index (χ3v) is 6.97. The molecule has 0 fully saturated rings. The molecule has 31 heavy (non-hydrogen) atoms. The summed E-state index contributed by atoms with van der Waals surface area (Å²) in [5.41, 5.74) is 2.34. The fourth-order valence-electron chi connectivity index (χ4n) is 3.47. The van der Waals surface area contributed by atoms with E-state index in [1.807, 2.05) is 51.1 Å². The van der Waals surface area contributed by atoms with Gasteiger partial charge in [-0.25, -0.2) is 8.42 Å². The fourth-order valence-corrected chi connectivity index (χ4v) is 5.00. The summed E-state index contributed by atoms with van der Waals surface area (Å²) in [6.07, 6.45) is 0. The van der Waals surface area contributed by atoms with E-state index in [0.717, 1.165) is 21.9 Å². The second kappa shape index (κ2) is 9.49. The van der Waals surface area contributed by atoms with Gasteiger partial charge in [0.05, 0.1) is 17.2 Å². The number of ether oxygens (including phenoxy) is 1. The van der Waals surface area contributed by atoms with Crippen molar-refractivity contribution < 1.29 is 17.9 Å². The quantitative estimate of drug-likeness (QED) is 0.578. The van der Waals surface area contributed by atoms with Gasteiger partial charge < -0.3 is 10.1 Å². The summed E-state index contributed by atoms with van der Waals surface area (Å²) in [5.74, 6) is -0.398. The van der Waals surface area contributed by atoms with Gasteiger partial charge in [0.15, 0.2) is 0 Å². The first-order chi connectivity index (χ1) is 14.7. The summed E-state index contributed by atoms with van der Waals surface area (Å²) < 4.78 is 33.7. The van der Waals surface area contributed by atoms with Crippen molar-refractivity contribution in [1.29, 1.82) is 0 Å². The van der Waals surface area contributed by atoms with E-state index < -0.39 is 15.9 Å². The number of carbonyl (C=O) groups excluding carboxylic acids is 1. The Balaban J connectivity index is 2.09. The highest BCUT2D eigenvalue weighted by Gasteiger charge is 2.29. The number of benzene rings is 3. The molecule has 1 N–H and O–H groups in total. The Kier molecular flexibility index (Phi) is 6.97. The lowest BCUT2D eigenvalue weighted by Crippen LogP contribution is -2.44. The number of aryl methyl sites for hydroxylation is 2. The van der Waals surface area contributed by atoms with Crippen molar-refractivity contribution in [1.82, 2.24) is 5.32 Å². The van der Waals surface area contributed by atoms with E-state index in [9.17, 15) is 13.2 Å². The predicted molar refractivity (Wildman–Crippen MR) is 124 cm³/mol. The lowest BCUT2D eigenvalue weighted by molar-refractivity contribution is -0.120. The van der Waals surface area contributed by atoms with E-state index in [0.29, 0.717) is 12.3 Å². The van der Waals surface area contributed by atoms with Crippen LogP contribution in [0.25, 0.3) is 10.8 Å². The van der Waals surface area contributed by atoms with Crippen LogP contribution in [-0.4, -0.2) is 40.6 Å². The van der Waals surface area contributed by atoms with Crippen LogP contribution in [0.5, 0.6) is 0 Å². The number of hydrogen-bond donors (Lipinski definition) is 1. The zero-order valence-electron chi connectivity index (χ0n) is 18.3. The Morgan fingerprint density at radius 1 is 1.03 bits per heavy atom. The molecule has 0 aliphatic heterocycles. The number of hydrogen-bond acceptors (Lipinski definition) is 4. The normalized spacial score (nSPS) is 12.5. The van der Waals surface area contributed by atoms with Gasteiger partial charge in [0, 0.05) is 18.5 Å². The average molecular weight is 441 g/mol. The van der Waals surface area contributed by atoms with E-state index in [4.69, 9.17) is 4.74 Å². The molecule has 0 aliphatic carbocycles. The minimum Gasteiger partial charge on any atom is -0.383 e. The van der Waals surface area contributed by atoms with Crippen molar-refractivity contribution in [2.24, 2.45) is 0 Å². The van der Waals surface area contributed by atoms with Gasteiger partial charge in [0.1, 0.15) is 6.54 Å². The maximum Gasteiger partial charge on any atom is 0.264 e. The number of nitrogens with zero attached hydrogens (tertiary/aromatic N) is 1. The summed E-state index contributed by atoms with van der Waals surface area (Å²) in [6, 6.07) is 17.7. The molecular formula is C24H28N2O4S. The van der Waals surface area contributed by atoms with Gasteiger partial charge in [0.25, 0.3) is 10.0 Å². The van der Waals surface area contributed by atoms with Gasteiger partial charge in [-0.15, -0.1) is 0 Å². The van der Waals surface area contributed by atoms with Gasteiger partial charge >= 0.3 is 0 Å². The number of sulfonamides is 1. The number of fused-ring (bicyclic) bond motifs is 1. The molecule has 1 atom stereocenters. The van der Waals surface area contributed by atoms with Gasteiger partial charge in [-0.05, 0) is 55.5 Å². The van der Waals surface area contributed by atoms with Crippen LogP contribution in [0, 0.1) is 13.8 Å². The number of methoxy groups -OCH3 is 1. The molecular weight excluding hydrogens is 412 g/mol. The van der Waals surface area contributed by atoms with Crippen molar-refractivity contribution in [3.8, 4) is 0 Å². The first-order valence-electron chi connectivity index (χ1n) is 10.1. The largest absolute Gasteiger partial charge is 0.383 e. The van der Waals surface area contributed by atoms with Gasteiger partial charge in [-0.3, -0.25) is 9.10 Å². The summed E-state index contributed by atoms with van der Waals surface area (Å²) >= 11 is 0. The van der Waals surface area contributed by atoms with Crippen LogP contribution in [0.4, 0.5) is 5.69 Å². The Labute approximate surface area is 183 Å². The van der Waals surface area contributed by atoms with Crippen molar-refractivity contribution in [3.63, 3.8) is 0 Å². The molecule has 7 heteroatoms. The highest BCUT2D eigenvalue weighted by atomic mass is 32.2. The van der Waals surface area contributed by atoms with Crippen LogP contribution in [0.15, 0.2) is 65.6 Å². The second-order valence-corrected chi connectivity index (χ2v) is 9.54. The molecule has 1 amide bonds. The molecule has 0 saturated heterocycles. The summed E-state index contributed by atoms with van der Waals surface area (Å²) in [4.78, 5) is 12.9. The zero-order chi connectivity index (χ0) is 22.6. The molecule has 3 aromatic rings. The average Bonchev–Trinajstić information content (AvgIpc) is 2.73. The van der Waals surface area contributed by atoms with Crippen molar-refractivity contribution in [2.75, 3.05) is 24.6 Å². The number of nitrogens with one attached hydrogen (secondary N) is 1. The minimum atomic E-state index is -3.99. The van der Waals surface area contributed by atoms with Crippen molar-refractivity contribution in [2.45, 2.75) is 31.7 Å². The highest BCUT2D eigenvalue weighted by Crippen LogP contribution is 2.31. The lowest BCUT2D eigenvalue weighted by Gasteiger charge is -2.26. The van der Waals surface area contributed by atoms with Gasteiger partial charge in [-0.2, -0.15) is 0 Å². The maximum atomic E-state index is 13.7. The van der Waals surface area contributed by atoms with E-state index in [1.54, 1.807) is 37.4 Å². The van der Waals surface area contributed by atoms with E-state index in [1.165, 1.54) is 4.31 Å². The predicted octanol–water partition coefficient (Wildman–Crippen LogP) is 3.80. The molecule has 0 aliphatic rings. The topological polar surface area (TPSA) is 75.7 Å². The van der Waals surface area contributed by atoms with Crippen molar-refractivity contribution in [3.05, 3.63) is 71.8 Å². The van der Waals surface area contributed by atoms with E-state index >= 15 is 0 Å². The SMILES string of the molecule is COCC(C)NC(=O)CN(c1cccc2ccccc12)S(=O)(=O)c1ccc(C)c(C)c1. The second-order valence-electron chi connectivity index (χ2n) is 7.68. The van der Waals surface area contributed by atoms with Crippen LogP contribution >= 0.6 is 0 Å². The molecule has 0 heterocycles. The van der Waals surface area contributed by atoms with Gasteiger partial charge in [0.2, 0.25) is 5.91 Å². The Morgan fingerprint density at radius 3 is 2.45 bits per heavy atom. The number of carbonyl (C=O) groups is 1. The molecule has 3 rings (SSSR count). The monoisotopic (exact) mass is 440 g/mol. The first kappa shape index (κ1) is 22.8. The van der Waals surface area contributed by atoms with Crippen LogP contribution in [0.2, 0.25) is 0 Å².